The first-order valence-corrected chi connectivity index (χ1v) is 10.4. The maximum absolute atomic E-state index is 12.2. The van der Waals surface area contributed by atoms with Crippen LogP contribution in [-0.2, 0) is 19.2 Å². The second kappa shape index (κ2) is 12.4. The molecule has 32 heavy (non-hydrogen) atoms. The average molecular weight is 466 g/mol. The van der Waals surface area contributed by atoms with Crippen LogP contribution in [0, 0.1) is 11.8 Å². The fourth-order valence-electron chi connectivity index (χ4n) is 4.02. The van der Waals surface area contributed by atoms with E-state index in [-0.39, 0.29) is 50.1 Å². The Kier molecular flexibility index (Phi) is 10.6. The van der Waals surface area contributed by atoms with Crippen LogP contribution >= 0.6 is 0 Å². The van der Waals surface area contributed by atoms with Gasteiger partial charge in [0, 0.05) is 38.3 Å². The summed E-state index contributed by atoms with van der Waals surface area (Å²) >= 11 is 0. The summed E-state index contributed by atoms with van der Waals surface area (Å²) in [5.74, 6) is -2.61. The summed E-state index contributed by atoms with van der Waals surface area (Å²) in [6.07, 6.45) is -2.82. The lowest BCUT2D eigenvalue weighted by Gasteiger charge is -2.24. The van der Waals surface area contributed by atoms with E-state index < -0.39 is 42.3 Å². The van der Waals surface area contributed by atoms with Crippen LogP contribution in [0.3, 0.4) is 0 Å². The van der Waals surface area contributed by atoms with Crippen molar-refractivity contribution in [1.29, 1.82) is 0 Å². The van der Waals surface area contributed by atoms with Crippen LogP contribution in [0.1, 0.15) is 46.0 Å². The number of hydrogen-bond acceptors (Lipinski definition) is 4. The lowest BCUT2D eigenvalue weighted by molar-refractivity contribution is -0.136. The van der Waals surface area contributed by atoms with Gasteiger partial charge in [-0.2, -0.15) is 8.78 Å². The number of alkyl halides is 2. The summed E-state index contributed by atoms with van der Waals surface area (Å²) in [6, 6.07) is -1.34. The molecule has 2 rings (SSSR count). The van der Waals surface area contributed by atoms with Gasteiger partial charge < -0.3 is 21.3 Å². The van der Waals surface area contributed by atoms with Crippen molar-refractivity contribution in [2.24, 2.45) is 23.3 Å². The topological polar surface area (TPSA) is 127 Å². The van der Waals surface area contributed by atoms with Crippen molar-refractivity contribution < 1.29 is 36.7 Å². The van der Waals surface area contributed by atoms with Gasteiger partial charge in [-0.15, -0.1) is 0 Å². The third-order valence-electron chi connectivity index (χ3n) is 5.48. The van der Waals surface area contributed by atoms with Crippen LogP contribution in [0.25, 0.3) is 0 Å². The van der Waals surface area contributed by atoms with Crippen molar-refractivity contribution in [3.05, 3.63) is 12.2 Å². The number of halogens is 4. The average Bonchev–Trinajstić information content (AvgIpc) is 3.17. The summed E-state index contributed by atoms with van der Waals surface area (Å²) in [4.78, 5) is 47.8. The van der Waals surface area contributed by atoms with E-state index in [1.54, 1.807) is 13.8 Å². The van der Waals surface area contributed by atoms with Crippen LogP contribution in [0.15, 0.2) is 12.2 Å². The molecule has 2 aliphatic heterocycles. The molecule has 0 aliphatic carbocycles. The maximum Gasteiger partial charge on any atom is 0.266 e. The minimum atomic E-state index is -2.41. The molecule has 4 atom stereocenters. The number of likely N-dealkylation sites (tertiary alicyclic amines) is 2. The van der Waals surface area contributed by atoms with Crippen LogP contribution in [-0.4, -0.2) is 65.0 Å². The summed E-state index contributed by atoms with van der Waals surface area (Å²) in [7, 11) is 0. The zero-order valence-electron chi connectivity index (χ0n) is 18.1. The van der Waals surface area contributed by atoms with Crippen molar-refractivity contribution in [2.45, 2.75) is 64.5 Å². The van der Waals surface area contributed by atoms with Gasteiger partial charge in [0.2, 0.25) is 30.1 Å². The van der Waals surface area contributed by atoms with Crippen molar-refractivity contribution in [3.8, 4) is 0 Å². The highest BCUT2D eigenvalue weighted by Crippen LogP contribution is 2.26. The molecular weight excluding hydrogens is 436 g/mol. The van der Waals surface area contributed by atoms with Gasteiger partial charge in [-0.05, 0) is 24.8 Å². The molecule has 12 heteroatoms. The molecule has 182 valence electrons. The minimum absolute atomic E-state index is 0.0150. The molecule has 8 nitrogen and oxygen atoms in total. The normalized spacial score (nSPS) is 22.5. The predicted octanol–water partition coefficient (Wildman–Crippen LogP) is 1.63. The zero-order valence-corrected chi connectivity index (χ0v) is 18.1. The van der Waals surface area contributed by atoms with Gasteiger partial charge in [0.05, 0.1) is 0 Å². The van der Waals surface area contributed by atoms with E-state index in [4.69, 9.17) is 11.5 Å². The van der Waals surface area contributed by atoms with Crippen molar-refractivity contribution >= 4 is 23.6 Å². The summed E-state index contributed by atoms with van der Waals surface area (Å²) in [5, 5.41) is 0. The molecule has 0 aromatic carbocycles. The molecule has 0 saturated carbocycles. The van der Waals surface area contributed by atoms with Crippen LogP contribution in [0.2, 0.25) is 0 Å². The number of nitrogens with zero attached hydrogens (tertiary/aromatic N) is 2. The predicted molar refractivity (Wildman–Crippen MR) is 107 cm³/mol. The highest BCUT2D eigenvalue weighted by atomic mass is 19.3. The Bertz CT molecular complexity index is 730. The Labute approximate surface area is 183 Å². The second-order valence-electron chi connectivity index (χ2n) is 7.86. The Hall–Kier alpha value is -2.66. The van der Waals surface area contributed by atoms with Gasteiger partial charge in [-0.25, -0.2) is 8.78 Å². The molecule has 0 aromatic heterocycles. The lowest BCUT2D eigenvalue weighted by atomic mass is 10.1. The standard InChI is InChI=1S/C10H16F2N2O2.C10H14F2N2O2/c2*1-2-7(10(13)16)14-5-6(3-8(11)12)4-9(14)15/h6-8H,2-5H2,1H3,(H2,13,16);3,6-7H,2,4-5H2,1H3,(H2,13,16)/t2*6-,7+/m11/s1. The molecule has 0 spiro atoms. The van der Waals surface area contributed by atoms with E-state index in [2.05, 4.69) is 0 Å². The van der Waals surface area contributed by atoms with E-state index in [9.17, 15) is 36.7 Å². The monoisotopic (exact) mass is 466 g/mol. The lowest BCUT2D eigenvalue weighted by Crippen LogP contribution is -2.45. The number of hydrogen-bond donors (Lipinski definition) is 2. The van der Waals surface area contributed by atoms with Crippen LogP contribution in [0.5, 0.6) is 0 Å². The van der Waals surface area contributed by atoms with E-state index >= 15 is 0 Å². The van der Waals surface area contributed by atoms with Crippen LogP contribution < -0.4 is 11.5 Å². The van der Waals surface area contributed by atoms with Gasteiger partial charge in [0.15, 0.2) is 0 Å². The number of rotatable bonds is 9. The van der Waals surface area contributed by atoms with E-state index in [0.29, 0.717) is 12.8 Å². The first kappa shape index (κ1) is 27.4. The number of carbonyl (C=O) groups is 4. The van der Waals surface area contributed by atoms with E-state index in [0.717, 1.165) is 6.08 Å². The van der Waals surface area contributed by atoms with E-state index in [1.165, 1.54) is 9.80 Å². The quantitative estimate of drug-likeness (QED) is 0.501. The first-order chi connectivity index (χ1) is 14.9. The highest BCUT2D eigenvalue weighted by molar-refractivity contribution is 5.88. The number of amides is 4. The molecular formula is C20H30F4N4O4. The smallest absolute Gasteiger partial charge is 0.266 e. The summed E-state index contributed by atoms with van der Waals surface area (Å²) < 4.78 is 48.4. The molecule has 2 fully saturated rings. The van der Waals surface area contributed by atoms with Crippen molar-refractivity contribution in [2.75, 3.05) is 13.1 Å². The fraction of sp³-hybridized carbons (Fsp3) is 0.700. The summed E-state index contributed by atoms with van der Waals surface area (Å²) in [6.45, 7) is 3.81. The molecule has 0 aromatic rings. The first-order valence-electron chi connectivity index (χ1n) is 10.4. The molecule has 2 aliphatic rings. The molecule has 4 amide bonds. The molecule has 0 radical (unpaired) electrons. The number of nitrogens with two attached hydrogens (primary N) is 2. The van der Waals surface area contributed by atoms with Gasteiger partial charge in [0.25, 0.3) is 6.08 Å². The van der Waals surface area contributed by atoms with Crippen LogP contribution in [0.4, 0.5) is 17.6 Å². The summed E-state index contributed by atoms with van der Waals surface area (Å²) in [5.41, 5.74) is 10.3. The van der Waals surface area contributed by atoms with Gasteiger partial charge in [0.1, 0.15) is 12.1 Å². The Morgan fingerprint density at radius 3 is 1.84 bits per heavy atom. The Morgan fingerprint density at radius 1 is 0.969 bits per heavy atom. The van der Waals surface area contributed by atoms with Gasteiger partial charge in [-0.1, -0.05) is 13.8 Å². The van der Waals surface area contributed by atoms with Gasteiger partial charge >= 0.3 is 0 Å². The molecule has 4 N–H and O–H groups in total. The molecule has 2 heterocycles. The Balaban J connectivity index is 0.000000320. The highest BCUT2D eigenvalue weighted by Gasteiger charge is 2.37. The second-order valence-corrected chi connectivity index (χ2v) is 7.86. The van der Waals surface area contributed by atoms with Crippen molar-refractivity contribution in [3.63, 3.8) is 0 Å². The molecule has 0 unspecified atom stereocenters. The largest absolute Gasteiger partial charge is 0.368 e. The third kappa shape index (κ3) is 7.79. The SMILES string of the molecule is CC[C@@H](C(N)=O)N1C[C@H](C=C(F)F)CC1=O.CC[C@@H](C(N)=O)N1C[C@H](CC(F)F)CC1=O. The maximum atomic E-state index is 12.2. The Morgan fingerprint density at radius 2 is 1.44 bits per heavy atom. The number of primary amides is 2. The van der Waals surface area contributed by atoms with Gasteiger partial charge in [-0.3, -0.25) is 19.2 Å². The minimum Gasteiger partial charge on any atom is -0.368 e. The van der Waals surface area contributed by atoms with Crippen molar-refractivity contribution in [1.82, 2.24) is 9.80 Å². The third-order valence-corrected chi connectivity index (χ3v) is 5.48. The zero-order chi connectivity index (χ0) is 24.6. The van der Waals surface area contributed by atoms with E-state index in [1.807, 2.05) is 0 Å². The number of carbonyl (C=O) groups excluding carboxylic acids is 4. The fourth-order valence-corrected chi connectivity index (χ4v) is 4.02. The molecule has 2 saturated heterocycles. The molecule has 0 bridgehead atoms.